The molecule has 58 valence electrons. The molecule has 0 bridgehead atoms. The monoisotopic (exact) mass is 165 g/mol. The van der Waals surface area contributed by atoms with E-state index >= 15 is 0 Å². The average molecular weight is 166 g/mol. The third kappa shape index (κ3) is 3.32. The summed E-state index contributed by atoms with van der Waals surface area (Å²) in [5.41, 5.74) is 2.10. The number of alkyl halides is 1. The van der Waals surface area contributed by atoms with Crippen molar-refractivity contribution in [2.24, 2.45) is 0 Å². The number of carbonyl (C=O) groups is 1. The highest BCUT2D eigenvalue weighted by atomic mass is 35.5. The first kappa shape index (κ1) is 9.26. The molecule has 5 heteroatoms. The quantitative estimate of drug-likeness (QED) is 0.359. The molecular weight excluding hydrogens is 158 g/mol. The molecule has 0 aromatic carbocycles. The molecule has 0 aliphatic rings. The van der Waals surface area contributed by atoms with Crippen LogP contribution in [0.2, 0.25) is 0 Å². The van der Waals surface area contributed by atoms with Crippen molar-refractivity contribution >= 4 is 17.6 Å². The Labute approximate surface area is 63.4 Å². The lowest BCUT2D eigenvalue weighted by molar-refractivity contribution is -0.134. The van der Waals surface area contributed by atoms with Gasteiger partial charge in [0, 0.05) is 5.88 Å². The van der Waals surface area contributed by atoms with Gasteiger partial charge in [-0.2, -0.15) is 0 Å². The van der Waals surface area contributed by atoms with Crippen molar-refractivity contribution in [1.29, 1.82) is 0 Å². The predicted octanol–water partition coefficient (Wildman–Crippen LogP) is 0.345. The lowest BCUT2D eigenvalue weighted by Gasteiger charge is -2.00. The van der Waals surface area contributed by atoms with Crippen LogP contribution >= 0.6 is 11.6 Å². The summed E-state index contributed by atoms with van der Waals surface area (Å²) in [5, 5.41) is 8.37. The standard InChI is InChI=1S/C5H8ClNO3/c1-10-7-4(2-3-6)5(8)9/h2,7H,3H2,1H3,(H,8,9). The van der Waals surface area contributed by atoms with Gasteiger partial charge in [-0.05, 0) is 6.08 Å². The number of allylic oxidation sites excluding steroid dienone is 1. The van der Waals surface area contributed by atoms with Crippen molar-refractivity contribution in [1.82, 2.24) is 5.48 Å². The minimum atomic E-state index is -1.09. The highest BCUT2D eigenvalue weighted by Gasteiger charge is 2.03. The van der Waals surface area contributed by atoms with Crippen molar-refractivity contribution < 1.29 is 14.7 Å². The van der Waals surface area contributed by atoms with Crippen molar-refractivity contribution in [2.75, 3.05) is 13.0 Å². The lowest BCUT2D eigenvalue weighted by atomic mass is 10.4. The Bertz CT molecular complexity index is 146. The number of hydrogen-bond donors (Lipinski definition) is 2. The predicted molar refractivity (Wildman–Crippen MR) is 36.6 cm³/mol. The summed E-state index contributed by atoms with van der Waals surface area (Å²) in [4.78, 5) is 14.6. The molecule has 0 aliphatic heterocycles. The molecule has 2 N–H and O–H groups in total. The summed E-state index contributed by atoms with van der Waals surface area (Å²) in [7, 11) is 1.32. The third-order valence-electron chi connectivity index (χ3n) is 0.724. The van der Waals surface area contributed by atoms with Crippen LogP contribution in [0.25, 0.3) is 0 Å². The Kier molecular flexibility index (Phi) is 4.70. The van der Waals surface area contributed by atoms with Crippen LogP contribution in [0.1, 0.15) is 0 Å². The second-order valence-corrected chi connectivity index (χ2v) is 1.69. The summed E-state index contributed by atoms with van der Waals surface area (Å²) in [6, 6.07) is 0. The normalized spacial score (nSPS) is 11.2. The topological polar surface area (TPSA) is 58.6 Å². The molecule has 4 nitrogen and oxygen atoms in total. The van der Waals surface area contributed by atoms with Gasteiger partial charge in [0.25, 0.3) is 0 Å². The fraction of sp³-hybridized carbons (Fsp3) is 0.400. The molecule has 0 fully saturated rings. The zero-order valence-electron chi connectivity index (χ0n) is 5.43. The van der Waals surface area contributed by atoms with E-state index in [0.29, 0.717) is 0 Å². The van der Waals surface area contributed by atoms with Crippen molar-refractivity contribution in [2.45, 2.75) is 0 Å². The Morgan fingerprint density at radius 2 is 2.50 bits per heavy atom. The first-order valence-corrected chi connectivity index (χ1v) is 3.04. The van der Waals surface area contributed by atoms with Gasteiger partial charge in [0.2, 0.25) is 0 Å². The van der Waals surface area contributed by atoms with Gasteiger partial charge in [-0.25, -0.2) is 4.79 Å². The Morgan fingerprint density at radius 3 is 2.80 bits per heavy atom. The summed E-state index contributed by atoms with van der Waals surface area (Å²) < 4.78 is 0. The fourth-order valence-corrected chi connectivity index (χ4v) is 0.514. The minimum absolute atomic E-state index is 0.0579. The Balaban J connectivity index is 3.98. The largest absolute Gasteiger partial charge is 0.477 e. The molecule has 0 atom stereocenters. The van der Waals surface area contributed by atoms with Crippen LogP contribution in [0.3, 0.4) is 0 Å². The molecule has 10 heavy (non-hydrogen) atoms. The maximum Gasteiger partial charge on any atom is 0.353 e. The van der Waals surface area contributed by atoms with E-state index in [2.05, 4.69) is 10.3 Å². The maximum absolute atomic E-state index is 10.2. The summed E-state index contributed by atoms with van der Waals surface area (Å²) in [5.74, 6) is -0.958. The summed E-state index contributed by atoms with van der Waals surface area (Å²) in [6.45, 7) is 0. The number of rotatable bonds is 4. The first-order chi connectivity index (χ1) is 4.72. The number of hydroxylamine groups is 1. The van der Waals surface area contributed by atoms with Gasteiger partial charge < -0.3 is 5.11 Å². The van der Waals surface area contributed by atoms with Gasteiger partial charge in [0.15, 0.2) is 0 Å². The van der Waals surface area contributed by atoms with E-state index in [9.17, 15) is 4.79 Å². The van der Waals surface area contributed by atoms with Crippen LogP contribution in [0.4, 0.5) is 0 Å². The van der Waals surface area contributed by atoms with E-state index in [1.165, 1.54) is 13.2 Å². The molecule has 0 unspecified atom stereocenters. The van der Waals surface area contributed by atoms with Crippen molar-refractivity contribution in [3.63, 3.8) is 0 Å². The van der Waals surface area contributed by atoms with Gasteiger partial charge in [-0.3, -0.25) is 10.3 Å². The maximum atomic E-state index is 10.2. The highest BCUT2D eigenvalue weighted by Crippen LogP contribution is 1.89. The SMILES string of the molecule is CONC(=CCCl)C(=O)O. The smallest absolute Gasteiger partial charge is 0.353 e. The molecule has 0 spiro atoms. The minimum Gasteiger partial charge on any atom is -0.477 e. The summed E-state index contributed by atoms with van der Waals surface area (Å²) in [6.07, 6.45) is 1.30. The number of hydrogen-bond acceptors (Lipinski definition) is 3. The molecule has 0 amide bonds. The first-order valence-electron chi connectivity index (χ1n) is 2.50. The molecule has 0 saturated carbocycles. The highest BCUT2D eigenvalue weighted by molar-refractivity contribution is 6.19. The second-order valence-electron chi connectivity index (χ2n) is 1.38. The van der Waals surface area contributed by atoms with Crippen LogP contribution in [0.5, 0.6) is 0 Å². The van der Waals surface area contributed by atoms with Crippen LogP contribution in [0, 0.1) is 0 Å². The molecular formula is C5H8ClNO3. The molecule has 0 aromatic rings. The van der Waals surface area contributed by atoms with E-state index < -0.39 is 5.97 Å². The van der Waals surface area contributed by atoms with Gasteiger partial charge in [-0.1, -0.05) is 0 Å². The second kappa shape index (κ2) is 5.08. The zero-order chi connectivity index (χ0) is 7.98. The number of aliphatic carboxylic acids is 1. The molecule has 0 radical (unpaired) electrons. The van der Waals surface area contributed by atoms with Crippen molar-refractivity contribution in [3.8, 4) is 0 Å². The van der Waals surface area contributed by atoms with E-state index in [0.717, 1.165) is 0 Å². The third-order valence-corrected chi connectivity index (χ3v) is 0.878. The van der Waals surface area contributed by atoms with Gasteiger partial charge >= 0.3 is 5.97 Å². The van der Waals surface area contributed by atoms with Gasteiger partial charge in [0.1, 0.15) is 5.70 Å². The van der Waals surface area contributed by atoms with E-state index in [1.807, 2.05) is 0 Å². The van der Waals surface area contributed by atoms with E-state index in [-0.39, 0.29) is 11.6 Å². The molecule has 0 aliphatic carbocycles. The number of nitrogens with one attached hydrogen (secondary N) is 1. The number of halogens is 1. The Morgan fingerprint density at radius 1 is 1.90 bits per heavy atom. The molecule has 0 heterocycles. The number of carboxylic acid groups (broad SMARTS) is 1. The average Bonchev–Trinajstić information content (AvgIpc) is 1.87. The van der Waals surface area contributed by atoms with Crippen molar-refractivity contribution in [3.05, 3.63) is 11.8 Å². The lowest BCUT2D eigenvalue weighted by Crippen LogP contribution is -2.18. The van der Waals surface area contributed by atoms with E-state index in [4.69, 9.17) is 16.7 Å². The van der Waals surface area contributed by atoms with E-state index in [1.54, 1.807) is 0 Å². The number of carboxylic acids is 1. The zero-order valence-corrected chi connectivity index (χ0v) is 6.18. The fourth-order valence-electron chi connectivity index (χ4n) is 0.360. The molecule has 0 rings (SSSR count). The van der Waals surface area contributed by atoms with Crippen LogP contribution in [-0.2, 0) is 9.63 Å². The summed E-state index contributed by atoms with van der Waals surface area (Å²) >= 11 is 5.24. The van der Waals surface area contributed by atoms with Crippen LogP contribution in [-0.4, -0.2) is 24.1 Å². The van der Waals surface area contributed by atoms with Crippen LogP contribution < -0.4 is 5.48 Å². The van der Waals surface area contributed by atoms with Crippen LogP contribution in [0.15, 0.2) is 11.8 Å². The van der Waals surface area contributed by atoms with Gasteiger partial charge in [0.05, 0.1) is 7.11 Å². The molecule has 0 saturated heterocycles. The van der Waals surface area contributed by atoms with Gasteiger partial charge in [-0.15, -0.1) is 11.6 Å². The molecule has 0 aromatic heterocycles. The Hall–Kier alpha value is -0.740.